The largest absolute Gasteiger partial charge is 0.295 e. The van der Waals surface area contributed by atoms with Crippen LogP contribution in [-0.2, 0) is 23.1 Å². The van der Waals surface area contributed by atoms with E-state index in [0.29, 0.717) is 21.0 Å². The third-order valence-electron chi connectivity index (χ3n) is 4.68. The van der Waals surface area contributed by atoms with Crippen molar-refractivity contribution in [2.45, 2.75) is 24.9 Å². The van der Waals surface area contributed by atoms with Crippen LogP contribution in [0.2, 0.25) is 0 Å². The summed E-state index contributed by atoms with van der Waals surface area (Å²) in [6.45, 7) is 0.565. The van der Waals surface area contributed by atoms with Crippen LogP contribution in [0.15, 0.2) is 59.5 Å². The lowest BCUT2D eigenvalue weighted by atomic mass is 10.1. The average Bonchev–Trinajstić information content (AvgIpc) is 2.76. The van der Waals surface area contributed by atoms with Crippen LogP contribution in [0.25, 0.3) is 0 Å². The zero-order valence-corrected chi connectivity index (χ0v) is 17.4. The third kappa shape index (κ3) is 4.86. The van der Waals surface area contributed by atoms with E-state index in [1.54, 1.807) is 0 Å². The average molecular weight is 469 g/mol. The fourth-order valence-corrected chi connectivity index (χ4v) is 4.43. The highest BCUT2D eigenvalue weighted by molar-refractivity contribution is 7.89. The molecule has 0 radical (unpaired) electrons. The highest BCUT2D eigenvalue weighted by Gasteiger charge is 2.32. The van der Waals surface area contributed by atoms with Gasteiger partial charge in [0.1, 0.15) is 10.7 Å². The fraction of sp³-hybridized carbons (Fsp3) is 0.136. The van der Waals surface area contributed by atoms with E-state index in [9.17, 15) is 35.2 Å². The van der Waals surface area contributed by atoms with E-state index in [1.165, 1.54) is 43.3 Å². The topological polar surface area (TPSA) is 54.5 Å². The first kappa shape index (κ1) is 23.6. The predicted octanol–water partition coefficient (Wildman–Crippen LogP) is 4.98. The molecule has 0 spiro atoms. The van der Waals surface area contributed by atoms with Crippen LogP contribution in [0, 0.1) is 29.1 Å². The second kappa shape index (κ2) is 9.17. The Hall–Kier alpha value is -3.11. The Bertz CT molecular complexity index is 1260. The van der Waals surface area contributed by atoms with Crippen molar-refractivity contribution in [3.8, 4) is 0 Å². The van der Waals surface area contributed by atoms with Gasteiger partial charge in [-0.15, -0.1) is 0 Å². The molecule has 0 atom stereocenters. The van der Waals surface area contributed by atoms with Crippen molar-refractivity contribution in [3.63, 3.8) is 0 Å². The quantitative estimate of drug-likeness (QED) is 0.212. The van der Waals surface area contributed by atoms with Gasteiger partial charge in [0.25, 0.3) is 0 Å². The van der Waals surface area contributed by atoms with Crippen LogP contribution in [0.3, 0.4) is 0 Å². The van der Waals surface area contributed by atoms with Crippen molar-refractivity contribution >= 4 is 15.8 Å². The van der Waals surface area contributed by atoms with Crippen molar-refractivity contribution in [2.75, 3.05) is 0 Å². The van der Waals surface area contributed by atoms with Gasteiger partial charge in [-0.2, -0.15) is 4.31 Å². The second-order valence-corrected chi connectivity index (χ2v) is 8.86. The molecule has 0 N–H and O–H groups in total. The van der Waals surface area contributed by atoms with Crippen LogP contribution in [0.1, 0.15) is 28.4 Å². The molecule has 0 heterocycles. The van der Waals surface area contributed by atoms with Gasteiger partial charge in [-0.25, -0.2) is 30.4 Å². The van der Waals surface area contributed by atoms with Crippen molar-refractivity contribution in [2.24, 2.45) is 0 Å². The van der Waals surface area contributed by atoms with Crippen molar-refractivity contribution < 1.29 is 35.2 Å². The number of Topliss-reactive ketones (excluding diaryl/α,β-unsaturated/α-hetero) is 1. The minimum Gasteiger partial charge on any atom is -0.295 e. The number of sulfonamides is 1. The Morgan fingerprint density at radius 3 is 1.78 bits per heavy atom. The smallest absolute Gasteiger partial charge is 0.246 e. The first-order valence-electron chi connectivity index (χ1n) is 9.18. The summed E-state index contributed by atoms with van der Waals surface area (Å²) in [5.41, 5.74) is 1.05. The molecular formula is C22H16F5NO3S. The molecule has 0 aromatic heterocycles. The Labute approximate surface area is 181 Å². The molecule has 3 aromatic rings. The molecule has 0 aliphatic rings. The van der Waals surface area contributed by atoms with E-state index < -0.39 is 50.5 Å². The number of carbonyl (C=O) groups is 1. The van der Waals surface area contributed by atoms with Gasteiger partial charge < -0.3 is 0 Å². The monoisotopic (exact) mass is 469 g/mol. The maximum absolute atomic E-state index is 14.3. The molecule has 3 rings (SSSR count). The first-order chi connectivity index (χ1) is 15.0. The normalized spacial score (nSPS) is 11.7. The number of rotatable bonds is 7. The van der Waals surface area contributed by atoms with E-state index in [2.05, 4.69) is 0 Å². The highest BCUT2D eigenvalue weighted by Crippen LogP contribution is 2.27. The number of ketones is 1. The summed E-state index contributed by atoms with van der Waals surface area (Å²) < 4.78 is 95.2. The van der Waals surface area contributed by atoms with Gasteiger partial charge in [0.15, 0.2) is 29.1 Å². The minimum atomic E-state index is -4.88. The molecule has 0 aliphatic heterocycles. The van der Waals surface area contributed by atoms with Gasteiger partial charge >= 0.3 is 0 Å². The standard InChI is InChI=1S/C22H16F5NO3S/c1-13(29)16-6-2-14(3-7-16)11-28(12-15-4-8-17(23)9-5-15)32(30,31)19-10-18(24)20(25)22(27)21(19)26/h2-10H,11-12H2,1H3. The van der Waals surface area contributed by atoms with E-state index >= 15 is 0 Å². The summed E-state index contributed by atoms with van der Waals surface area (Å²) in [5.74, 6) is -9.10. The minimum absolute atomic E-state index is 0.0690. The van der Waals surface area contributed by atoms with Crippen LogP contribution in [0.4, 0.5) is 22.0 Å². The van der Waals surface area contributed by atoms with Crippen LogP contribution < -0.4 is 0 Å². The van der Waals surface area contributed by atoms with Gasteiger partial charge in [0.05, 0.1) is 0 Å². The lowest BCUT2D eigenvalue weighted by Gasteiger charge is -2.23. The Kier molecular flexibility index (Phi) is 6.75. The molecule has 0 fully saturated rings. The summed E-state index contributed by atoms with van der Waals surface area (Å²) in [6, 6.07) is 10.7. The molecule has 0 saturated heterocycles. The van der Waals surface area contributed by atoms with Crippen LogP contribution in [-0.4, -0.2) is 18.5 Å². The molecule has 10 heteroatoms. The molecule has 4 nitrogen and oxygen atoms in total. The van der Waals surface area contributed by atoms with Gasteiger partial charge in [-0.05, 0) is 30.2 Å². The number of nitrogens with zero attached hydrogens (tertiary/aromatic N) is 1. The van der Waals surface area contributed by atoms with E-state index in [1.807, 2.05) is 0 Å². The zero-order chi connectivity index (χ0) is 23.6. The first-order valence-corrected chi connectivity index (χ1v) is 10.6. The molecular weight excluding hydrogens is 453 g/mol. The lowest BCUT2D eigenvalue weighted by molar-refractivity contribution is 0.101. The lowest BCUT2D eigenvalue weighted by Crippen LogP contribution is -2.31. The number of hydrogen-bond donors (Lipinski definition) is 0. The fourth-order valence-electron chi connectivity index (χ4n) is 2.95. The van der Waals surface area contributed by atoms with Gasteiger partial charge in [-0.1, -0.05) is 36.4 Å². The van der Waals surface area contributed by atoms with Crippen LogP contribution in [0.5, 0.6) is 0 Å². The summed E-state index contributed by atoms with van der Waals surface area (Å²) in [4.78, 5) is 10.1. The number of benzene rings is 3. The summed E-state index contributed by atoms with van der Waals surface area (Å²) in [7, 11) is -4.88. The summed E-state index contributed by atoms with van der Waals surface area (Å²) in [5, 5.41) is 0. The van der Waals surface area contributed by atoms with Crippen molar-refractivity contribution in [1.29, 1.82) is 0 Å². The highest BCUT2D eigenvalue weighted by atomic mass is 32.2. The summed E-state index contributed by atoms with van der Waals surface area (Å²) in [6.07, 6.45) is 0. The molecule has 168 valence electrons. The van der Waals surface area contributed by atoms with E-state index in [0.717, 1.165) is 12.1 Å². The van der Waals surface area contributed by atoms with Gasteiger partial charge in [0.2, 0.25) is 10.0 Å². The van der Waals surface area contributed by atoms with Crippen molar-refractivity contribution in [1.82, 2.24) is 4.31 Å². The third-order valence-corrected chi connectivity index (χ3v) is 6.47. The molecule has 0 saturated carbocycles. The maximum atomic E-state index is 14.3. The van der Waals surface area contributed by atoms with E-state index in [4.69, 9.17) is 0 Å². The summed E-state index contributed by atoms with van der Waals surface area (Å²) >= 11 is 0. The number of halogens is 5. The van der Waals surface area contributed by atoms with Gasteiger partial charge in [-0.3, -0.25) is 4.79 Å². The SMILES string of the molecule is CC(=O)c1ccc(CN(Cc2ccc(F)cc2)S(=O)(=O)c2cc(F)c(F)c(F)c2F)cc1. The Morgan fingerprint density at radius 1 is 0.781 bits per heavy atom. The molecule has 32 heavy (non-hydrogen) atoms. The van der Waals surface area contributed by atoms with Crippen molar-refractivity contribution in [3.05, 3.63) is 100 Å². The predicted molar refractivity (Wildman–Crippen MR) is 106 cm³/mol. The van der Waals surface area contributed by atoms with E-state index in [-0.39, 0.29) is 18.4 Å². The molecule has 0 bridgehead atoms. The Balaban J connectivity index is 2.06. The maximum Gasteiger partial charge on any atom is 0.246 e. The van der Waals surface area contributed by atoms with Crippen LogP contribution >= 0.6 is 0 Å². The molecule has 0 amide bonds. The zero-order valence-electron chi connectivity index (χ0n) is 16.6. The molecule has 3 aromatic carbocycles. The Morgan fingerprint density at radius 2 is 1.28 bits per heavy atom. The van der Waals surface area contributed by atoms with Gasteiger partial charge in [0, 0.05) is 24.7 Å². The number of carbonyl (C=O) groups excluding carboxylic acids is 1. The molecule has 0 unspecified atom stereocenters. The number of hydrogen-bond acceptors (Lipinski definition) is 3. The second-order valence-electron chi connectivity index (χ2n) is 6.95. The molecule has 0 aliphatic carbocycles.